The average Bonchev–Trinajstić information content (AvgIpc) is 2.81. The van der Waals surface area contributed by atoms with E-state index in [1.807, 2.05) is 6.92 Å². The van der Waals surface area contributed by atoms with Crippen LogP contribution in [0.25, 0.3) is 0 Å². The third kappa shape index (κ3) is 3.21. The molecule has 19 heavy (non-hydrogen) atoms. The summed E-state index contributed by atoms with van der Waals surface area (Å²) >= 11 is 4.14. The van der Waals surface area contributed by atoms with Gasteiger partial charge in [-0.15, -0.1) is 0 Å². The van der Waals surface area contributed by atoms with E-state index < -0.39 is 17.8 Å². The summed E-state index contributed by atoms with van der Waals surface area (Å²) in [6.45, 7) is 2.00. The Kier molecular flexibility index (Phi) is 5.64. The zero-order chi connectivity index (χ0) is 14.6. The van der Waals surface area contributed by atoms with Gasteiger partial charge in [-0.1, -0.05) is 6.92 Å². The van der Waals surface area contributed by atoms with Crippen molar-refractivity contribution in [2.75, 3.05) is 26.5 Å². The minimum absolute atomic E-state index is 0.125. The predicted molar refractivity (Wildman–Crippen MR) is 72.1 cm³/mol. The molecule has 0 spiro atoms. The summed E-state index contributed by atoms with van der Waals surface area (Å²) < 4.78 is 10.5. The summed E-state index contributed by atoms with van der Waals surface area (Å²) in [6.07, 6.45) is 0.752. The van der Waals surface area contributed by atoms with Crippen LogP contribution in [0.2, 0.25) is 0 Å². The van der Waals surface area contributed by atoms with Crippen LogP contribution in [-0.4, -0.2) is 60.2 Å². The lowest BCUT2D eigenvalue weighted by molar-refractivity contribution is -0.197. The number of carbonyl (C=O) groups is 2. The van der Waals surface area contributed by atoms with Crippen molar-refractivity contribution in [2.24, 2.45) is 5.92 Å². The fraction of sp³-hybridized carbons (Fsp3) is 0.833. The van der Waals surface area contributed by atoms with Crippen LogP contribution >= 0.6 is 12.6 Å². The summed E-state index contributed by atoms with van der Waals surface area (Å²) in [4.78, 5) is 25.0. The molecule has 1 amide bonds. The number of hydrogen-bond acceptors (Lipinski definition) is 5. The molecule has 1 N–H and O–H groups in total. The number of likely N-dealkylation sites (tertiary alicyclic amines) is 1. The maximum Gasteiger partial charge on any atom is 0.326 e. The molecule has 6 nitrogen and oxygen atoms in total. The van der Waals surface area contributed by atoms with Crippen molar-refractivity contribution in [2.45, 2.75) is 31.6 Å². The van der Waals surface area contributed by atoms with Crippen LogP contribution in [0, 0.1) is 5.92 Å². The highest BCUT2D eigenvalue weighted by Gasteiger charge is 2.50. The number of ether oxygens (including phenoxy) is 2. The molecule has 1 heterocycles. The van der Waals surface area contributed by atoms with Crippen molar-refractivity contribution in [1.29, 1.82) is 0 Å². The third-order valence-electron chi connectivity index (χ3n) is 3.67. The van der Waals surface area contributed by atoms with Gasteiger partial charge in [0.1, 0.15) is 6.04 Å². The molecule has 0 bridgehead atoms. The van der Waals surface area contributed by atoms with Gasteiger partial charge in [-0.2, -0.15) is 12.6 Å². The number of amides is 1. The molecule has 2 atom stereocenters. The van der Waals surface area contributed by atoms with Crippen LogP contribution in [0.4, 0.5) is 0 Å². The van der Waals surface area contributed by atoms with E-state index in [0.717, 1.165) is 0 Å². The first kappa shape index (κ1) is 16.3. The Labute approximate surface area is 118 Å². The summed E-state index contributed by atoms with van der Waals surface area (Å²) in [5.41, 5.74) is 0. The lowest BCUT2D eigenvalue weighted by Crippen LogP contribution is -2.45. The molecule has 0 aromatic heterocycles. The number of carbonyl (C=O) groups excluding carboxylic acids is 1. The van der Waals surface area contributed by atoms with Crippen molar-refractivity contribution >= 4 is 24.5 Å². The van der Waals surface area contributed by atoms with E-state index >= 15 is 0 Å². The van der Waals surface area contributed by atoms with Crippen molar-refractivity contribution < 1.29 is 24.2 Å². The Morgan fingerprint density at radius 1 is 1.47 bits per heavy atom. The van der Waals surface area contributed by atoms with Crippen LogP contribution in [-0.2, 0) is 19.1 Å². The van der Waals surface area contributed by atoms with E-state index in [1.165, 1.54) is 19.1 Å². The summed E-state index contributed by atoms with van der Waals surface area (Å²) in [6, 6.07) is -0.915. The second-order valence-electron chi connectivity index (χ2n) is 4.63. The maximum atomic E-state index is 12.3. The summed E-state index contributed by atoms with van der Waals surface area (Å²) in [7, 11) is 2.90. The number of nitrogens with zero attached hydrogens (tertiary/aromatic N) is 1. The van der Waals surface area contributed by atoms with Crippen molar-refractivity contribution in [1.82, 2.24) is 4.90 Å². The lowest BCUT2D eigenvalue weighted by Gasteiger charge is -2.27. The Morgan fingerprint density at radius 3 is 2.42 bits per heavy atom. The average molecular weight is 291 g/mol. The SMILES string of the molecule is CCC(CS)C(=O)N1CC(OC)(OC)C[C@H]1C(=O)O. The van der Waals surface area contributed by atoms with E-state index in [1.54, 1.807) is 0 Å². The number of thiol groups is 1. The van der Waals surface area contributed by atoms with Gasteiger partial charge in [0.2, 0.25) is 5.91 Å². The minimum atomic E-state index is -1.04. The molecular formula is C12H21NO5S. The standard InChI is InChI=1S/C12H21NO5S/c1-4-8(6-19)10(14)13-7-12(17-2,18-3)5-9(13)11(15)16/h8-9,19H,4-7H2,1-3H3,(H,15,16)/t8?,9-/m0/s1. The first-order chi connectivity index (χ1) is 8.94. The number of hydrogen-bond donors (Lipinski definition) is 2. The molecule has 7 heteroatoms. The third-order valence-corrected chi connectivity index (χ3v) is 4.11. The second-order valence-corrected chi connectivity index (χ2v) is 5.00. The normalized spacial score (nSPS) is 23.4. The van der Waals surface area contributed by atoms with Crippen LogP contribution in [0.3, 0.4) is 0 Å². The van der Waals surface area contributed by atoms with Crippen molar-refractivity contribution in [3.05, 3.63) is 0 Å². The van der Waals surface area contributed by atoms with Crippen LogP contribution in [0.1, 0.15) is 19.8 Å². The smallest absolute Gasteiger partial charge is 0.326 e. The van der Waals surface area contributed by atoms with Gasteiger partial charge in [0.15, 0.2) is 5.79 Å². The van der Waals surface area contributed by atoms with Crippen molar-refractivity contribution in [3.8, 4) is 0 Å². The number of methoxy groups -OCH3 is 2. The number of rotatable bonds is 6. The Bertz CT molecular complexity index is 341. The summed E-state index contributed by atoms with van der Waals surface area (Å²) in [5, 5.41) is 9.26. The molecule has 1 aliphatic rings. The van der Waals surface area contributed by atoms with E-state index in [4.69, 9.17) is 9.47 Å². The summed E-state index contributed by atoms with van der Waals surface area (Å²) in [5.74, 6) is -2.17. The van der Waals surface area contributed by atoms with Gasteiger partial charge in [-0.05, 0) is 6.42 Å². The molecule has 1 unspecified atom stereocenters. The van der Waals surface area contributed by atoms with E-state index in [-0.39, 0.29) is 24.8 Å². The van der Waals surface area contributed by atoms with Gasteiger partial charge < -0.3 is 19.5 Å². The zero-order valence-electron chi connectivity index (χ0n) is 11.5. The highest BCUT2D eigenvalue weighted by atomic mass is 32.1. The fourth-order valence-electron chi connectivity index (χ4n) is 2.29. The molecule has 0 aromatic carbocycles. The molecule has 0 saturated carbocycles. The molecular weight excluding hydrogens is 270 g/mol. The molecule has 0 radical (unpaired) electrons. The lowest BCUT2D eigenvalue weighted by atomic mass is 10.1. The van der Waals surface area contributed by atoms with E-state index in [2.05, 4.69) is 12.6 Å². The molecule has 0 aromatic rings. The highest BCUT2D eigenvalue weighted by Crippen LogP contribution is 2.32. The van der Waals surface area contributed by atoms with E-state index in [0.29, 0.717) is 12.2 Å². The molecule has 0 aliphatic carbocycles. The van der Waals surface area contributed by atoms with Gasteiger partial charge in [0, 0.05) is 32.3 Å². The van der Waals surface area contributed by atoms with Gasteiger partial charge in [-0.3, -0.25) is 4.79 Å². The Balaban J connectivity index is 2.97. The molecule has 1 rings (SSSR count). The molecule has 1 fully saturated rings. The van der Waals surface area contributed by atoms with Gasteiger partial charge in [0.05, 0.1) is 6.54 Å². The highest BCUT2D eigenvalue weighted by molar-refractivity contribution is 7.80. The van der Waals surface area contributed by atoms with Gasteiger partial charge in [0.25, 0.3) is 0 Å². The van der Waals surface area contributed by atoms with Crippen LogP contribution in [0.15, 0.2) is 0 Å². The van der Waals surface area contributed by atoms with Gasteiger partial charge in [-0.25, -0.2) is 4.79 Å². The quantitative estimate of drug-likeness (QED) is 0.554. The molecule has 1 aliphatic heterocycles. The first-order valence-corrected chi connectivity index (χ1v) is 6.82. The first-order valence-electron chi connectivity index (χ1n) is 6.19. The van der Waals surface area contributed by atoms with Crippen LogP contribution < -0.4 is 0 Å². The maximum absolute atomic E-state index is 12.3. The zero-order valence-corrected chi connectivity index (χ0v) is 12.4. The Morgan fingerprint density at radius 2 is 2.05 bits per heavy atom. The van der Waals surface area contributed by atoms with Crippen LogP contribution in [0.5, 0.6) is 0 Å². The minimum Gasteiger partial charge on any atom is -0.480 e. The largest absolute Gasteiger partial charge is 0.480 e. The van der Waals surface area contributed by atoms with Crippen molar-refractivity contribution in [3.63, 3.8) is 0 Å². The molecule has 1 saturated heterocycles. The second kappa shape index (κ2) is 6.58. The molecule has 110 valence electrons. The topological polar surface area (TPSA) is 76.1 Å². The number of carboxylic acids is 1. The number of carboxylic acid groups (broad SMARTS) is 1. The monoisotopic (exact) mass is 291 g/mol. The fourth-order valence-corrected chi connectivity index (χ4v) is 2.70. The van der Waals surface area contributed by atoms with E-state index in [9.17, 15) is 14.7 Å². The Hall–Kier alpha value is -0.790. The number of aliphatic carboxylic acids is 1. The van der Waals surface area contributed by atoms with Gasteiger partial charge >= 0.3 is 5.97 Å². The predicted octanol–water partition coefficient (Wildman–Crippen LogP) is 0.617.